The first-order valence-electron chi connectivity index (χ1n) is 4.00. The van der Waals surface area contributed by atoms with Crippen LogP contribution >= 0.6 is 27.3 Å². The Morgan fingerprint density at radius 2 is 2.31 bits per heavy atom. The zero-order valence-electron chi connectivity index (χ0n) is 6.83. The SMILES string of the molecule is N#CC1(C(O)c2cscc2Br)CC1. The molecule has 1 aromatic heterocycles. The van der Waals surface area contributed by atoms with Crippen LogP contribution in [0.1, 0.15) is 24.5 Å². The maximum atomic E-state index is 9.93. The molecule has 1 fully saturated rings. The van der Waals surface area contributed by atoms with Crippen molar-refractivity contribution in [3.05, 3.63) is 20.8 Å². The van der Waals surface area contributed by atoms with Gasteiger partial charge in [-0.3, -0.25) is 0 Å². The highest BCUT2D eigenvalue weighted by Crippen LogP contribution is 2.55. The van der Waals surface area contributed by atoms with E-state index in [1.807, 2.05) is 10.8 Å². The number of halogens is 1. The Morgan fingerprint density at radius 3 is 2.69 bits per heavy atom. The topological polar surface area (TPSA) is 44.0 Å². The van der Waals surface area contributed by atoms with E-state index in [0.29, 0.717) is 0 Å². The maximum absolute atomic E-state index is 9.93. The first kappa shape index (κ1) is 9.20. The molecule has 68 valence electrons. The van der Waals surface area contributed by atoms with Crippen LogP contribution in [0.15, 0.2) is 15.2 Å². The molecule has 1 unspecified atom stereocenters. The number of nitrogens with zero attached hydrogens (tertiary/aromatic N) is 1. The Balaban J connectivity index is 2.29. The Bertz CT molecular complexity index is 364. The summed E-state index contributed by atoms with van der Waals surface area (Å²) in [5.41, 5.74) is 0.355. The fourth-order valence-corrected chi connectivity index (χ4v) is 2.90. The Kier molecular flexibility index (Phi) is 2.18. The number of thiophene rings is 1. The van der Waals surface area contributed by atoms with Crippen molar-refractivity contribution in [3.63, 3.8) is 0 Å². The minimum atomic E-state index is -0.627. The van der Waals surface area contributed by atoms with E-state index in [1.165, 1.54) is 11.3 Å². The minimum Gasteiger partial charge on any atom is -0.387 e. The molecule has 0 radical (unpaired) electrons. The lowest BCUT2D eigenvalue weighted by atomic mass is 9.96. The van der Waals surface area contributed by atoms with Gasteiger partial charge in [0.2, 0.25) is 0 Å². The molecule has 1 atom stereocenters. The van der Waals surface area contributed by atoms with E-state index in [9.17, 15) is 5.11 Å². The second-order valence-electron chi connectivity index (χ2n) is 3.35. The quantitative estimate of drug-likeness (QED) is 0.886. The van der Waals surface area contributed by atoms with Gasteiger partial charge in [-0.15, -0.1) is 0 Å². The third-order valence-electron chi connectivity index (χ3n) is 2.47. The van der Waals surface area contributed by atoms with Gasteiger partial charge in [0, 0.05) is 15.4 Å². The zero-order valence-corrected chi connectivity index (χ0v) is 9.23. The van der Waals surface area contributed by atoms with Gasteiger partial charge in [-0.25, -0.2) is 0 Å². The van der Waals surface area contributed by atoms with Crippen LogP contribution in [0.5, 0.6) is 0 Å². The smallest absolute Gasteiger partial charge is 0.0995 e. The van der Waals surface area contributed by atoms with Crippen molar-refractivity contribution in [2.75, 3.05) is 0 Å². The summed E-state index contributed by atoms with van der Waals surface area (Å²) < 4.78 is 0.909. The van der Waals surface area contributed by atoms with Gasteiger partial charge in [-0.1, -0.05) is 0 Å². The molecule has 0 saturated heterocycles. The maximum Gasteiger partial charge on any atom is 0.0995 e. The number of hydrogen-bond donors (Lipinski definition) is 1. The molecular formula is C9H8BrNOS. The monoisotopic (exact) mass is 257 g/mol. The molecule has 2 nitrogen and oxygen atoms in total. The van der Waals surface area contributed by atoms with Crippen molar-refractivity contribution >= 4 is 27.3 Å². The van der Waals surface area contributed by atoms with E-state index in [1.54, 1.807) is 0 Å². The standard InChI is InChI=1S/C9H8BrNOS/c10-7-4-13-3-6(7)8(12)9(5-11)1-2-9/h3-4,8,12H,1-2H2. The van der Waals surface area contributed by atoms with Crippen LogP contribution in [-0.2, 0) is 0 Å². The summed E-state index contributed by atoms with van der Waals surface area (Å²) in [6, 6.07) is 2.20. The normalized spacial score (nSPS) is 20.7. The summed E-state index contributed by atoms with van der Waals surface area (Å²) in [5.74, 6) is 0. The predicted molar refractivity (Wildman–Crippen MR) is 54.3 cm³/mol. The van der Waals surface area contributed by atoms with Crippen LogP contribution in [-0.4, -0.2) is 5.11 Å². The Hall–Kier alpha value is -0.370. The summed E-state index contributed by atoms with van der Waals surface area (Å²) in [4.78, 5) is 0. The summed E-state index contributed by atoms with van der Waals surface area (Å²) in [7, 11) is 0. The van der Waals surface area contributed by atoms with Crippen LogP contribution in [0.25, 0.3) is 0 Å². The van der Waals surface area contributed by atoms with E-state index in [4.69, 9.17) is 5.26 Å². The van der Waals surface area contributed by atoms with Gasteiger partial charge in [-0.05, 0) is 34.2 Å². The van der Waals surface area contributed by atoms with Crippen molar-refractivity contribution in [3.8, 4) is 6.07 Å². The molecule has 1 heterocycles. The molecule has 0 amide bonds. The lowest BCUT2D eigenvalue weighted by Crippen LogP contribution is -2.10. The van der Waals surface area contributed by atoms with Crippen LogP contribution in [0.3, 0.4) is 0 Å². The third-order valence-corrected chi connectivity index (χ3v) is 4.22. The van der Waals surface area contributed by atoms with E-state index in [2.05, 4.69) is 22.0 Å². The first-order chi connectivity index (χ1) is 6.19. The van der Waals surface area contributed by atoms with E-state index in [-0.39, 0.29) is 0 Å². The van der Waals surface area contributed by atoms with Gasteiger partial charge >= 0.3 is 0 Å². The van der Waals surface area contributed by atoms with Gasteiger partial charge in [0.25, 0.3) is 0 Å². The first-order valence-corrected chi connectivity index (χ1v) is 5.74. The second-order valence-corrected chi connectivity index (χ2v) is 4.94. The fraction of sp³-hybridized carbons (Fsp3) is 0.444. The third kappa shape index (κ3) is 1.41. The lowest BCUT2D eigenvalue weighted by molar-refractivity contribution is 0.122. The zero-order chi connectivity index (χ0) is 9.47. The molecule has 1 aromatic rings. The molecule has 13 heavy (non-hydrogen) atoms. The molecule has 0 aromatic carbocycles. The molecule has 1 aliphatic carbocycles. The Morgan fingerprint density at radius 1 is 1.62 bits per heavy atom. The molecule has 1 aliphatic rings. The fourth-order valence-electron chi connectivity index (χ4n) is 1.37. The summed E-state index contributed by atoms with van der Waals surface area (Å²) in [6.07, 6.45) is 0.998. The lowest BCUT2D eigenvalue weighted by Gasteiger charge is -2.14. The number of hydrogen-bond acceptors (Lipinski definition) is 3. The van der Waals surface area contributed by atoms with Crippen LogP contribution in [0, 0.1) is 16.7 Å². The second kappa shape index (κ2) is 3.09. The molecule has 1 N–H and O–H groups in total. The minimum absolute atomic E-state index is 0.496. The van der Waals surface area contributed by atoms with E-state index in [0.717, 1.165) is 22.9 Å². The van der Waals surface area contributed by atoms with Gasteiger partial charge in [0.05, 0.1) is 17.6 Å². The molecule has 0 spiro atoms. The number of rotatable bonds is 2. The highest BCUT2D eigenvalue weighted by molar-refractivity contribution is 9.10. The van der Waals surface area contributed by atoms with Crippen LogP contribution in [0.4, 0.5) is 0 Å². The molecule has 0 aliphatic heterocycles. The van der Waals surface area contributed by atoms with Gasteiger partial charge in [-0.2, -0.15) is 16.6 Å². The average Bonchev–Trinajstić information content (AvgIpc) is 2.83. The van der Waals surface area contributed by atoms with Crippen molar-refractivity contribution < 1.29 is 5.11 Å². The summed E-state index contributed by atoms with van der Waals surface area (Å²) in [5, 5.41) is 22.6. The highest BCUT2D eigenvalue weighted by Gasteiger charge is 2.50. The van der Waals surface area contributed by atoms with Crippen molar-refractivity contribution in [2.24, 2.45) is 5.41 Å². The van der Waals surface area contributed by atoms with Gasteiger partial charge < -0.3 is 5.11 Å². The number of aliphatic hydroxyl groups excluding tert-OH is 1. The van der Waals surface area contributed by atoms with Crippen LogP contribution in [0.2, 0.25) is 0 Å². The van der Waals surface area contributed by atoms with E-state index < -0.39 is 11.5 Å². The number of nitriles is 1. The molecule has 0 bridgehead atoms. The number of aliphatic hydroxyl groups is 1. The summed E-state index contributed by atoms with van der Waals surface area (Å²) in [6.45, 7) is 0. The highest BCUT2D eigenvalue weighted by atomic mass is 79.9. The van der Waals surface area contributed by atoms with Gasteiger partial charge in [0.1, 0.15) is 0 Å². The van der Waals surface area contributed by atoms with Crippen molar-refractivity contribution in [1.82, 2.24) is 0 Å². The molecule has 1 saturated carbocycles. The molecular weight excluding hydrogens is 250 g/mol. The van der Waals surface area contributed by atoms with Crippen LogP contribution < -0.4 is 0 Å². The van der Waals surface area contributed by atoms with Gasteiger partial charge in [0.15, 0.2) is 0 Å². The average molecular weight is 258 g/mol. The largest absolute Gasteiger partial charge is 0.387 e. The van der Waals surface area contributed by atoms with Crippen molar-refractivity contribution in [1.29, 1.82) is 5.26 Å². The van der Waals surface area contributed by atoms with Crippen molar-refractivity contribution in [2.45, 2.75) is 18.9 Å². The molecule has 4 heteroatoms. The van der Waals surface area contributed by atoms with E-state index >= 15 is 0 Å². The Labute approximate surface area is 88.9 Å². The summed E-state index contributed by atoms with van der Waals surface area (Å²) >= 11 is 4.89. The predicted octanol–water partition coefficient (Wildman–Crippen LogP) is 2.85. The molecule has 2 rings (SSSR count).